The third kappa shape index (κ3) is 1.57. The summed E-state index contributed by atoms with van der Waals surface area (Å²) in [6.45, 7) is 6.69. The Morgan fingerprint density at radius 1 is 1.27 bits per heavy atom. The molecule has 116 valence electrons. The summed E-state index contributed by atoms with van der Waals surface area (Å²) in [5, 5.41) is 0. The Kier molecular flexibility index (Phi) is 2.68. The Hall–Kier alpha value is -1.64. The van der Waals surface area contributed by atoms with Gasteiger partial charge in [-0.25, -0.2) is 0 Å². The van der Waals surface area contributed by atoms with Crippen molar-refractivity contribution in [3.05, 3.63) is 34.9 Å². The molecular formula is C19H22O3. The summed E-state index contributed by atoms with van der Waals surface area (Å²) in [5.41, 5.74) is 3.08. The van der Waals surface area contributed by atoms with Gasteiger partial charge in [-0.2, -0.15) is 0 Å². The second-order valence-electron chi connectivity index (χ2n) is 7.85. The number of ketones is 1. The zero-order chi connectivity index (χ0) is 15.7. The van der Waals surface area contributed by atoms with E-state index in [4.69, 9.17) is 4.74 Å². The summed E-state index contributed by atoms with van der Waals surface area (Å²) in [7, 11) is 0. The minimum absolute atomic E-state index is 0.0295. The topological polar surface area (TPSA) is 43.4 Å². The number of Topliss-reactive ketones (excluding diaryl/α,β-unsaturated/α-hetero) is 1. The van der Waals surface area contributed by atoms with E-state index in [9.17, 15) is 9.59 Å². The van der Waals surface area contributed by atoms with E-state index >= 15 is 0 Å². The van der Waals surface area contributed by atoms with Crippen molar-refractivity contribution < 1.29 is 14.3 Å². The lowest BCUT2D eigenvalue weighted by Gasteiger charge is -2.52. The van der Waals surface area contributed by atoms with Gasteiger partial charge in [0.1, 0.15) is 0 Å². The number of cyclic esters (lactones) is 1. The summed E-state index contributed by atoms with van der Waals surface area (Å²) in [5.74, 6) is 0.0513. The predicted molar refractivity (Wildman–Crippen MR) is 82.9 cm³/mol. The van der Waals surface area contributed by atoms with Crippen molar-refractivity contribution in [2.75, 3.05) is 6.61 Å². The zero-order valence-electron chi connectivity index (χ0n) is 13.4. The van der Waals surface area contributed by atoms with Gasteiger partial charge >= 0.3 is 5.97 Å². The van der Waals surface area contributed by atoms with Crippen LogP contribution in [0.1, 0.15) is 67.4 Å². The molecule has 0 aromatic heterocycles. The van der Waals surface area contributed by atoms with Crippen LogP contribution in [-0.2, 0) is 14.9 Å². The molecule has 22 heavy (non-hydrogen) atoms. The van der Waals surface area contributed by atoms with Crippen LogP contribution in [0.2, 0.25) is 0 Å². The van der Waals surface area contributed by atoms with Crippen LogP contribution in [0, 0.1) is 11.3 Å². The Bertz CT molecular complexity index is 692. The fraction of sp³-hybridized carbons (Fsp3) is 0.579. The van der Waals surface area contributed by atoms with Gasteiger partial charge in [-0.05, 0) is 48.3 Å². The maximum atomic E-state index is 12.5. The molecule has 3 aliphatic rings. The van der Waals surface area contributed by atoms with E-state index in [0.717, 1.165) is 18.4 Å². The molecular weight excluding hydrogens is 276 g/mol. The molecule has 1 aromatic rings. The maximum Gasteiger partial charge on any atom is 0.313 e. The van der Waals surface area contributed by atoms with Crippen LogP contribution in [-0.4, -0.2) is 18.4 Å². The van der Waals surface area contributed by atoms with Gasteiger partial charge in [-0.1, -0.05) is 32.4 Å². The van der Waals surface area contributed by atoms with Crippen molar-refractivity contribution in [1.82, 2.24) is 0 Å². The molecule has 2 fully saturated rings. The Morgan fingerprint density at radius 3 is 2.77 bits per heavy atom. The molecule has 4 unspecified atom stereocenters. The smallest absolute Gasteiger partial charge is 0.313 e. The molecule has 1 saturated heterocycles. The number of carbonyl (C=O) groups excluding carboxylic acids is 2. The number of hydrogen-bond acceptors (Lipinski definition) is 3. The van der Waals surface area contributed by atoms with E-state index in [-0.39, 0.29) is 28.5 Å². The van der Waals surface area contributed by atoms with Crippen LogP contribution in [0.25, 0.3) is 0 Å². The number of hydrogen-bond donors (Lipinski definition) is 0. The average molecular weight is 298 g/mol. The average Bonchev–Trinajstić information content (AvgIpc) is 2.75. The lowest BCUT2D eigenvalue weighted by molar-refractivity contribution is -0.169. The van der Waals surface area contributed by atoms with Crippen molar-refractivity contribution in [3.63, 3.8) is 0 Å². The van der Waals surface area contributed by atoms with E-state index < -0.39 is 0 Å². The molecule has 0 N–H and O–H groups in total. The van der Waals surface area contributed by atoms with Gasteiger partial charge in [-0.3, -0.25) is 9.59 Å². The van der Waals surface area contributed by atoms with Crippen molar-refractivity contribution in [2.45, 2.75) is 51.4 Å². The summed E-state index contributed by atoms with van der Waals surface area (Å²) >= 11 is 0. The molecule has 1 aliphatic heterocycles. The zero-order valence-corrected chi connectivity index (χ0v) is 13.4. The Balaban J connectivity index is 1.96. The molecule has 3 heteroatoms. The van der Waals surface area contributed by atoms with Crippen LogP contribution in [0.15, 0.2) is 18.2 Å². The van der Waals surface area contributed by atoms with Gasteiger partial charge in [0.25, 0.3) is 0 Å². The van der Waals surface area contributed by atoms with Crippen LogP contribution >= 0.6 is 0 Å². The Morgan fingerprint density at radius 2 is 2.05 bits per heavy atom. The standard InChI is InChI=1S/C19H22O3/c1-11(20)12-5-6-14-13(9-12)15-16-18(2,10-22-17(15)21)7-4-8-19(14,16)3/h5-6,9,15-16H,4,7-8,10H2,1-3H3. The number of fused-ring (bicyclic) bond motifs is 3. The van der Waals surface area contributed by atoms with Gasteiger partial charge < -0.3 is 4.74 Å². The summed E-state index contributed by atoms with van der Waals surface area (Å²) in [4.78, 5) is 24.3. The van der Waals surface area contributed by atoms with Crippen LogP contribution in [0.4, 0.5) is 0 Å². The minimum Gasteiger partial charge on any atom is -0.465 e. The predicted octanol–water partition coefficient (Wildman–Crippen LogP) is 3.61. The largest absolute Gasteiger partial charge is 0.465 e. The van der Waals surface area contributed by atoms with Crippen LogP contribution in [0.5, 0.6) is 0 Å². The van der Waals surface area contributed by atoms with Gasteiger partial charge in [0.2, 0.25) is 0 Å². The highest BCUT2D eigenvalue weighted by Crippen LogP contribution is 2.65. The molecule has 0 bridgehead atoms. The lowest BCUT2D eigenvalue weighted by Crippen LogP contribution is -2.52. The number of benzene rings is 1. The van der Waals surface area contributed by atoms with Gasteiger partial charge in [0.05, 0.1) is 12.5 Å². The monoisotopic (exact) mass is 298 g/mol. The second-order valence-corrected chi connectivity index (χ2v) is 7.85. The molecule has 1 heterocycles. The van der Waals surface area contributed by atoms with E-state index in [0.29, 0.717) is 18.1 Å². The highest BCUT2D eigenvalue weighted by molar-refractivity contribution is 5.95. The van der Waals surface area contributed by atoms with E-state index in [2.05, 4.69) is 19.9 Å². The number of esters is 1. The molecule has 0 amide bonds. The summed E-state index contributed by atoms with van der Waals surface area (Å²) < 4.78 is 5.56. The van der Waals surface area contributed by atoms with E-state index in [1.54, 1.807) is 6.92 Å². The van der Waals surface area contributed by atoms with Crippen LogP contribution < -0.4 is 0 Å². The number of carbonyl (C=O) groups is 2. The molecule has 0 spiro atoms. The molecule has 3 nitrogen and oxygen atoms in total. The number of ether oxygens (including phenoxy) is 1. The third-order valence-corrected chi connectivity index (χ3v) is 6.42. The first-order chi connectivity index (χ1) is 10.4. The maximum absolute atomic E-state index is 12.5. The molecule has 2 aliphatic carbocycles. The van der Waals surface area contributed by atoms with Gasteiger partial charge in [0, 0.05) is 11.0 Å². The molecule has 1 saturated carbocycles. The third-order valence-electron chi connectivity index (χ3n) is 6.42. The van der Waals surface area contributed by atoms with Crippen LogP contribution in [0.3, 0.4) is 0 Å². The quantitative estimate of drug-likeness (QED) is 0.587. The lowest BCUT2D eigenvalue weighted by atomic mass is 9.53. The van der Waals surface area contributed by atoms with E-state index in [1.165, 1.54) is 12.0 Å². The molecule has 0 radical (unpaired) electrons. The first-order valence-electron chi connectivity index (χ1n) is 8.19. The minimum atomic E-state index is -0.196. The first-order valence-corrected chi connectivity index (χ1v) is 8.19. The summed E-state index contributed by atoms with van der Waals surface area (Å²) in [6.07, 6.45) is 3.40. The first kappa shape index (κ1) is 14.0. The fourth-order valence-electron chi connectivity index (χ4n) is 5.50. The number of rotatable bonds is 1. The van der Waals surface area contributed by atoms with Crippen molar-refractivity contribution in [1.29, 1.82) is 0 Å². The van der Waals surface area contributed by atoms with E-state index in [1.807, 2.05) is 12.1 Å². The van der Waals surface area contributed by atoms with Crippen molar-refractivity contribution in [3.8, 4) is 0 Å². The Labute approximate surface area is 131 Å². The molecule has 4 rings (SSSR count). The molecule has 4 atom stereocenters. The SMILES string of the molecule is CC(=O)c1ccc2c(c1)C1C(=O)OCC3(C)CCCC2(C)C13. The summed E-state index contributed by atoms with van der Waals surface area (Å²) in [6, 6.07) is 5.95. The van der Waals surface area contributed by atoms with Gasteiger partial charge in [-0.15, -0.1) is 0 Å². The highest BCUT2D eigenvalue weighted by Gasteiger charge is 2.63. The second kappa shape index (κ2) is 4.21. The fourth-order valence-corrected chi connectivity index (χ4v) is 5.50. The van der Waals surface area contributed by atoms with Crippen molar-refractivity contribution >= 4 is 11.8 Å². The van der Waals surface area contributed by atoms with Crippen molar-refractivity contribution in [2.24, 2.45) is 11.3 Å². The normalized spacial score (nSPS) is 39.0. The van der Waals surface area contributed by atoms with Gasteiger partial charge in [0.15, 0.2) is 5.78 Å². The highest BCUT2D eigenvalue weighted by atomic mass is 16.5. The molecule has 1 aromatic carbocycles.